The van der Waals surface area contributed by atoms with Crippen LogP contribution in [-0.4, -0.2) is 40.1 Å². The first kappa shape index (κ1) is 20.4. The summed E-state index contributed by atoms with van der Waals surface area (Å²) in [5.41, 5.74) is 2.27. The summed E-state index contributed by atoms with van der Waals surface area (Å²) in [7, 11) is 0. The van der Waals surface area contributed by atoms with Crippen molar-refractivity contribution in [3.63, 3.8) is 0 Å². The maximum atomic E-state index is 14.9. The summed E-state index contributed by atoms with van der Waals surface area (Å²) in [5, 5.41) is 9.76. The van der Waals surface area contributed by atoms with Crippen molar-refractivity contribution >= 4 is 26.8 Å². The van der Waals surface area contributed by atoms with Crippen LogP contribution in [0.2, 0.25) is 0 Å². The Balaban J connectivity index is 1.93. The predicted octanol–water partition coefficient (Wildman–Crippen LogP) is 5.17. The highest BCUT2D eigenvalue weighted by atomic mass is 79.9. The van der Waals surface area contributed by atoms with Crippen molar-refractivity contribution in [3.8, 4) is 0 Å². The van der Waals surface area contributed by atoms with Crippen molar-refractivity contribution in [2.45, 2.75) is 31.4 Å². The molecule has 29 heavy (non-hydrogen) atoms. The molecule has 2 aromatic carbocycles. The summed E-state index contributed by atoms with van der Waals surface area (Å²) < 4.78 is 57.6. The first-order valence-corrected chi connectivity index (χ1v) is 9.99. The highest BCUT2D eigenvalue weighted by Crippen LogP contribution is 2.42. The average molecular weight is 471 g/mol. The highest BCUT2D eigenvalue weighted by molar-refractivity contribution is 9.10. The number of aromatic amines is 1. The van der Waals surface area contributed by atoms with Crippen molar-refractivity contribution in [3.05, 3.63) is 69.3 Å². The molecule has 0 spiro atoms. The number of aliphatic hydroxyl groups excluding tert-OH is 1. The summed E-state index contributed by atoms with van der Waals surface area (Å²) in [6.45, 7) is -0.247. The molecule has 0 radical (unpaired) electrons. The minimum Gasteiger partial charge on any atom is -0.390 e. The Morgan fingerprint density at radius 1 is 1.21 bits per heavy atom. The number of halogens is 5. The fourth-order valence-electron chi connectivity index (χ4n) is 4.15. The Bertz CT molecular complexity index is 1070. The van der Waals surface area contributed by atoms with Gasteiger partial charge in [0.2, 0.25) is 0 Å². The largest absolute Gasteiger partial charge is 0.390 e. The van der Waals surface area contributed by atoms with Crippen LogP contribution in [0.15, 0.2) is 40.9 Å². The Kier molecular flexibility index (Phi) is 5.21. The third kappa shape index (κ3) is 3.69. The minimum atomic E-state index is -3.34. The number of rotatable bonds is 4. The highest BCUT2D eigenvalue weighted by Gasteiger charge is 2.42. The van der Waals surface area contributed by atoms with Gasteiger partial charge in [0.05, 0.1) is 12.6 Å². The number of hydrogen-bond donors (Lipinski definition) is 2. The number of aliphatic hydroxyl groups is 1. The van der Waals surface area contributed by atoms with Gasteiger partial charge in [-0.1, -0.05) is 22.0 Å². The molecule has 3 aromatic rings. The van der Waals surface area contributed by atoms with Gasteiger partial charge in [0.1, 0.15) is 18.2 Å². The van der Waals surface area contributed by atoms with Crippen LogP contribution >= 0.6 is 15.9 Å². The van der Waals surface area contributed by atoms with Crippen LogP contribution in [0.3, 0.4) is 0 Å². The smallest absolute Gasteiger partial charge is 0.283 e. The van der Waals surface area contributed by atoms with Crippen molar-refractivity contribution < 1.29 is 22.7 Å². The Hall–Kier alpha value is -1.90. The molecule has 154 valence electrons. The van der Waals surface area contributed by atoms with Crippen LogP contribution in [0, 0.1) is 11.6 Å². The van der Waals surface area contributed by atoms with E-state index in [-0.39, 0.29) is 11.6 Å². The molecular weight excluding hydrogens is 452 g/mol. The maximum absolute atomic E-state index is 14.9. The Morgan fingerprint density at radius 3 is 2.66 bits per heavy atom. The maximum Gasteiger partial charge on any atom is 0.283 e. The van der Waals surface area contributed by atoms with E-state index >= 15 is 0 Å². The van der Waals surface area contributed by atoms with Gasteiger partial charge in [-0.25, -0.2) is 17.6 Å². The molecule has 0 bridgehead atoms. The molecule has 1 aliphatic rings. The fourth-order valence-corrected chi connectivity index (χ4v) is 4.48. The normalized spacial score (nSPS) is 20.2. The van der Waals surface area contributed by atoms with Crippen molar-refractivity contribution in [2.75, 3.05) is 13.2 Å². The summed E-state index contributed by atoms with van der Waals surface area (Å²) in [6, 6.07) is 7.62. The first-order valence-electron chi connectivity index (χ1n) is 9.19. The van der Waals surface area contributed by atoms with E-state index in [1.54, 1.807) is 25.1 Å². The standard InChI is InChI=1S/C21H19BrF4N2O/c1-11-6-16-15-8-13(23)3-5-18(15)27-19(16)20(28(11)9-21(25,26)10-29)14-4-2-12(22)7-17(14)24/h2-5,7-8,11,20,27,29H,6,9-10H2,1H3. The fraction of sp³-hybridized carbons (Fsp3) is 0.333. The number of alkyl halides is 2. The molecule has 1 aromatic heterocycles. The van der Waals surface area contributed by atoms with Gasteiger partial charge in [0.25, 0.3) is 5.92 Å². The number of H-pyrrole nitrogens is 1. The van der Waals surface area contributed by atoms with Crippen molar-refractivity contribution in [1.82, 2.24) is 9.88 Å². The topological polar surface area (TPSA) is 39.3 Å². The number of benzene rings is 2. The lowest BCUT2D eigenvalue weighted by Gasteiger charge is -2.42. The van der Waals surface area contributed by atoms with Gasteiger partial charge in [0.15, 0.2) is 0 Å². The zero-order valence-corrected chi connectivity index (χ0v) is 17.1. The number of fused-ring (bicyclic) bond motifs is 3. The van der Waals surface area contributed by atoms with Crippen LogP contribution in [-0.2, 0) is 6.42 Å². The van der Waals surface area contributed by atoms with Crippen LogP contribution in [0.5, 0.6) is 0 Å². The third-order valence-electron chi connectivity index (χ3n) is 5.47. The molecule has 0 fully saturated rings. The van der Waals surface area contributed by atoms with E-state index in [0.29, 0.717) is 27.5 Å². The van der Waals surface area contributed by atoms with Crippen molar-refractivity contribution in [1.29, 1.82) is 0 Å². The summed E-state index contributed by atoms with van der Waals surface area (Å²) >= 11 is 3.22. The number of hydrogen-bond acceptors (Lipinski definition) is 2. The summed E-state index contributed by atoms with van der Waals surface area (Å²) in [4.78, 5) is 4.69. The van der Waals surface area contributed by atoms with E-state index in [1.807, 2.05) is 0 Å². The molecule has 0 saturated carbocycles. The molecule has 2 heterocycles. The zero-order valence-electron chi connectivity index (χ0n) is 15.5. The molecule has 3 nitrogen and oxygen atoms in total. The molecule has 0 saturated heterocycles. The van der Waals surface area contributed by atoms with Gasteiger partial charge in [-0.3, -0.25) is 4.90 Å². The van der Waals surface area contributed by atoms with Gasteiger partial charge in [-0.2, -0.15) is 0 Å². The van der Waals surface area contributed by atoms with E-state index in [9.17, 15) is 17.6 Å². The number of nitrogens with one attached hydrogen (secondary N) is 1. The van der Waals surface area contributed by atoms with Gasteiger partial charge < -0.3 is 10.1 Å². The van der Waals surface area contributed by atoms with Crippen LogP contribution in [0.25, 0.3) is 10.9 Å². The SMILES string of the molecule is CC1Cc2c([nH]c3ccc(F)cc23)C(c2ccc(Br)cc2F)N1CC(F)(F)CO. The van der Waals surface area contributed by atoms with Crippen LogP contribution < -0.4 is 0 Å². The molecule has 0 aliphatic carbocycles. The molecule has 0 amide bonds. The van der Waals surface area contributed by atoms with E-state index in [4.69, 9.17) is 5.11 Å². The second-order valence-corrected chi connectivity index (χ2v) is 8.43. The van der Waals surface area contributed by atoms with E-state index in [0.717, 1.165) is 5.56 Å². The van der Waals surface area contributed by atoms with Gasteiger partial charge >= 0.3 is 0 Å². The molecule has 2 atom stereocenters. The van der Waals surface area contributed by atoms with E-state index in [1.165, 1.54) is 23.1 Å². The molecule has 8 heteroatoms. The van der Waals surface area contributed by atoms with Gasteiger partial charge in [0, 0.05) is 32.7 Å². The summed E-state index contributed by atoms with van der Waals surface area (Å²) in [6.07, 6.45) is 0.398. The molecular formula is C21H19BrF4N2O. The van der Waals surface area contributed by atoms with E-state index < -0.39 is 36.8 Å². The predicted molar refractivity (Wildman–Crippen MR) is 106 cm³/mol. The van der Waals surface area contributed by atoms with Gasteiger partial charge in [-0.05, 0) is 49.2 Å². The lowest BCUT2D eigenvalue weighted by atomic mass is 9.88. The quantitative estimate of drug-likeness (QED) is 0.516. The van der Waals surface area contributed by atoms with Gasteiger partial charge in [-0.15, -0.1) is 0 Å². The monoisotopic (exact) mass is 470 g/mol. The van der Waals surface area contributed by atoms with Crippen LogP contribution in [0.4, 0.5) is 17.6 Å². The average Bonchev–Trinajstić information content (AvgIpc) is 3.00. The molecule has 2 unspecified atom stereocenters. The van der Waals surface area contributed by atoms with E-state index in [2.05, 4.69) is 20.9 Å². The summed E-state index contributed by atoms with van der Waals surface area (Å²) in [5.74, 6) is -4.27. The van der Waals surface area contributed by atoms with Crippen LogP contribution in [0.1, 0.15) is 29.8 Å². The Labute approximate surface area is 173 Å². The molecule has 1 aliphatic heterocycles. The molecule has 2 N–H and O–H groups in total. The lowest BCUT2D eigenvalue weighted by molar-refractivity contribution is -0.0866. The number of aromatic nitrogens is 1. The third-order valence-corrected chi connectivity index (χ3v) is 5.97. The second kappa shape index (κ2) is 7.41. The number of nitrogens with zero attached hydrogens (tertiary/aromatic N) is 1. The zero-order chi connectivity index (χ0) is 20.9. The lowest BCUT2D eigenvalue weighted by Crippen LogP contribution is -2.49. The Morgan fingerprint density at radius 2 is 1.97 bits per heavy atom. The minimum absolute atomic E-state index is 0.238. The first-order chi connectivity index (χ1) is 13.7. The van der Waals surface area contributed by atoms with Crippen molar-refractivity contribution in [2.24, 2.45) is 0 Å². The second-order valence-electron chi connectivity index (χ2n) is 7.52. The molecule has 4 rings (SSSR count).